The molecule has 2 rings (SSSR count). The van der Waals surface area contributed by atoms with Crippen LogP contribution in [0.5, 0.6) is 5.75 Å². The molecule has 0 spiro atoms. The van der Waals surface area contributed by atoms with Gasteiger partial charge in [0, 0.05) is 13.1 Å². The van der Waals surface area contributed by atoms with Gasteiger partial charge < -0.3 is 15.4 Å². The molecule has 1 saturated heterocycles. The summed E-state index contributed by atoms with van der Waals surface area (Å²) in [6.07, 6.45) is 0. The number of benzene rings is 1. The van der Waals surface area contributed by atoms with Crippen molar-refractivity contribution in [1.82, 2.24) is 15.5 Å². The number of rotatable bonds is 5. The predicted octanol–water partition coefficient (Wildman–Crippen LogP) is 1.28. The number of nitrogens with zero attached hydrogens (tertiary/aromatic N) is 1. The van der Waals surface area contributed by atoms with Crippen molar-refractivity contribution < 1.29 is 19.1 Å². The van der Waals surface area contributed by atoms with Gasteiger partial charge in [0.2, 0.25) is 5.91 Å². The third kappa shape index (κ3) is 3.26. The zero-order valence-electron chi connectivity index (χ0n) is 11.6. The van der Waals surface area contributed by atoms with Crippen LogP contribution in [0, 0.1) is 0 Å². The highest BCUT2D eigenvalue weighted by atomic mass is 35.5. The Morgan fingerprint density at radius 2 is 2.05 bits per heavy atom. The lowest BCUT2D eigenvalue weighted by Crippen LogP contribution is -2.38. The number of urea groups is 1. The summed E-state index contributed by atoms with van der Waals surface area (Å²) in [6, 6.07) is 2.53. The van der Waals surface area contributed by atoms with E-state index in [4.69, 9.17) is 27.9 Å². The second kappa shape index (κ2) is 6.85. The number of carbonyl (C=O) groups excluding carboxylic acids is 3. The summed E-state index contributed by atoms with van der Waals surface area (Å²) in [6.45, 7) is 0.127. The van der Waals surface area contributed by atoms with E-state index in [0.29, 0.717) is 0 Å². The summed E-state index contributed by atoms with van der Waals surface area (Å²) in [4.78, 5) is 36.0. The fourth-order valence-electron chi connectivity index (χ4n) is 2.00. The Morgan fingerprint density at radius 1 is 1.36 bits per heavy atom. The van der Waals surface area contributed by atoms with E-state index in [2.05, 4.69) is 10.6 Å². The summed E-state index contributed by atoms with van der Waals surface area (Å²) in [5.41, 5.74) is 0.105. The molecule has 1 aromatic rings. The molecule has 4 amide bonds. The van der Waals surface area contributed by atoms with Crippen molar-refractivity contribution in [3.8, 4) is 5.75 Å². The van der Waals surface area contributed by atoms with Crippen LogP contribution in [0.1, 0.15) is 10.4 Å². The molecule has 0 saturated carbocycles. The van der Waals surface area contributed by atoms with Crippen molar-refractivity contribution in [3.05, 3.63) is 27.7 Å². The average Bonchev–Trinajstić information content (AvgIpc) is 2.80. The Labute approximate surface area is 136 Å². The van der Waals surface area contributed by atoms with E-state index < -0.39 is 11.9 Å². The number of imide groups is 1. The fourth-order valence-corrected chi connectivity index (χ4v) is 2.46. The maximum Gasteiger partial charge on any atom is 0.324 e. The van der Waals surface area contributed by atoms with Gasteiger partial charge in [0.25, 0.3) is 5.91 Å². The molecule has 1 aliphatic heterocycles. The lowest BCUT2D eigenvalue weighted by molar-refractivity contribution is -0.124. The number of hydrogen-bond donors (Lipinski definition) is 2. The SMILES string of the molecule is COc1c(Cl)ccc(Cl)c1C(=O)NCCN1C(=O)CNC1=O. The van der Waals surface area contributed by atoms with E-state index in [-0.39, 0.29) is 46.9 Å². The first-order chi connectivity index (χ1) is 10.5. The first-order valence-corrected chi connectivity index (χ1v) is 7.09. The molecule has 7 nitrogen and oxygen atoms in total. The third-order valence-corrected chi connectivity index (χ3v) is 3.66. The molecular weight excluding hydrogens is 333 g/mol. The predicted molar refractivity (Wildman–Crippen MR) is 80.5 cm³/mol. The smallest absolute Gasteiger partial charge is 0.324 e. The second-order valence-corrected chi connectivity index (χ2v) is 5.21. The van der Waals surface area contributed by atoms with Gasteiger partial charge in [0.1, 0.15) is 5.56 Å². The molecule has 0 atom stereocenters. The van der Waals surface area contributed by atoms with Crippen LogP contribution in [0.25, 0.3) is 0 Å². The number of ether oxygens (including phenoxy) is 1. The third-order valence-electron chi connectivity index (χ3n) is 3.05. The van der Waals surface area contributed by atoms with Gasteiger partial charge in [0.15, 0.2) is 5.75 Å². The quantitative estimate of drug-likeness (QED) is 0.787. The fraction of sp³-hybridized carbons (Fsp3) is 0.308. The molecule has 1 aromatic carbocycles. The van der Waals surface area contributed by atoms with Crippen molar-refractivity contribution in [1.29, 1.82) is 0 Å². The van der Waals surface area contributed by atoms with E-state index in [0.717, 1.165) is 4.90 Å². The zero-order valence-corrected chi connectivity index (χ0v) is 13.1. The first kappa shape index (κ1) is 16.4. The van der Waals surface area contributed by atoms with Gasteiger partial charge in [-0.3, -0.25) is 14.5 Å². The maximum absolute atomic E-state index is 12.2. The summed E-state index contributed by atoms with van der Waals surface area (Å²) < 4.78 is 5.09. The van der Waals surface area contributed by atoms with Crippen molar-refractivity contribution in [3.63, 3.8) is 0 Å². The Balaban J connectivity index is 2.03. The van der Waals surface area contributed by atoms with E-state index in [1.54, 1.807) is 0 Å². The highest BCUT2D eigenvalue weighted by Gasteiger charge is 2.28. The number of hydrogen-bond acceptors (Lipinski definition) is 4. The molecule has 0 bridgehead atoms. The van der Waals surface area contributed by atoms with Crippen LogP contribution in [-0.2, 0) is 4.79 Å². The molecule has 1 fully saturated rings. The van der Waals surface area contributed by atoms with Crippen LogP contribution < -0.4 is 15.4 Å². The van der Waals surface area contributed by atoms with Gasteiger partial charge in [-0.05, 0) is 12.1 Å². The van der Waals surface area contributed by atoms with Crippen LogP contribution in [0.3, 0.4) is 0 Å². The Morgan fingerprint density at radius 3 is 2.64 bits per heavy atom. The minimum atomic E-state index is -0.503. The minimum Gasteiger partial charge on any atom is -0.494 e. The largest absolute Gasteiger partial charge is 0.494 e. The molecular formula is C13H13Cl2N3O4. The number of carbonyl (C=O) groups is 3. The second-order valence-electron chi connectivity index (χ2n) is 4.40. The molecule has 0 aliphatic carbocycles. The number of amides is 4. The van der Waals surface area contributed by atoms with Gasteiger partial charge in [-0.2, -0.15) is 0 Å². The van der Waals surface area contributed by atoms with Crippen molar-refractivity contribution in [2.24, 2.45) is 0 Å². The van der Waals surface area contributed by atoms with Crippen molar-refractivity contribution >= 4 is 41.0 Å². The lowest BCUT2D eigenvalue weighted by Gasteiger charge is -2.15. The highest BCUT2D eigenvalue weighted by Crippen LogP contribution is 2.33. The summed E-state index contributed by atoms with van der Waals surface area (Å²) >= 11 is 12.0. The molecule has 2 N–H and O–H groups in total. The van der Waals surface area contributed by atoms with Crippen molar-refractivity contribution in [2.45, 2.75) is 0 Å². The van der Waals surface area contributed by atoms with Gasteiger partial charge in [-0.1, -0.05) is 23.2 Å². The van der Waals surface area contributed by atoms with Gasteiger partial charge in [-0.15, -0.1) is 0 Å². The molecule has 118 valence electrons. The van der Waals surface area contributed by atoms with Crippen LogP contribution >= 0.6 is 23.2 Å². The topological polar surface area (TPSA) is 87.7 Å². The Hall–Kier alpha value is -1.99. The number of nitrogens with one attached hydrogen (secondary N) is 2. The molecule has 0 unspecified atom stereocenters. The summed E-state index contributed by atoms with van der Waals surface area (Å²) in [5.74, 6) is -0.671. The molecule has 22 heavy (non-hydrogen) atoms. The lowest BCUT2D eigenvalue weighted by atomic mass is 10.2. The van der Waals surface area contributed by atoms with Gasteiger partial charge in [-0.25, -0.2) is 4.79 Å². The van der Waals surface area contributed by atoms with Gasteiger partial charge in [0.05, 0.1) is 23.7 Å². The van der Waals surface area contributed by atoms with E-state index >= 15 is 0 Å². The van der Waals surface area contributed by atoms with E-state index in [9.17, 15) is 14.4 Å². The Kier molecular flexibility index (Phi) is 5.10. The number of methoxy groups -OCH3 is 1. The van der Waals surface area contributed by atoms with Crippen LogP contribution in [-0.4, -0.2) is 49.5 Å². The minimum absolute atomic E-state index is 0.0271. The summed E-state index contributed by atoms with van der Waals surface area (Å²) in [5, 5.41) is 5.41. The van der Waals surface area contributed by atoms with Crippen LogP contribution in [0.2, 0.25) is 10.0 Å². The standard InChI is InChI=1S/C13H13Cl2N3O4/c1-22-11-8(15)3-2-7(14)10(11)12(20)16-4-5-18-9(19)6-17-13(18)21/h2-3H,4-6H2,1H3,(H,16,20)(H,17,21). The van der Waals surface area contributed by atoms with Gasteiger partial charge >= 0.3 is 6.03 Å². The van der Waals surface area contributed by atoms with E-state index in [1.807, 2.05) is 0 Å². The first-order valence-electron chi connectivity index (χ1n) is 6.34. The molecule has 1 heterocycles. The molecule has 9 heteroatoms. The Bertz CT molecular complexity index is 620. The average molecular weight is 346 g/mol. The monoisotopic (exact) mass is 345 g/mol. The number of halogens is 2. The maximum atomic E-state index is 12.2. The summed E-state index contributed by atoms with van der Waals surface area (Å²) in [7, 11) is 1.38. The normalized spacial score (nSPS) is 14.0. The molecule has 0 aromatic heterocycles. The zero-order chi connectivity index (χ0) is 16.3. The molecule has 0 radical (unpaired) electrons. The highest BCUT2D eigenvalue weighted by molar-refractivity contribution is 6.37. The van der Waals surface area contributed by atoms with E-state index in [1.165, 1.54) is 19.2 Å². The van der Waals surface area contributed by atoms with Crippen LogP contribution in [0.15, 0.2) is 12.1 Å². The van der Waals surface area contributed by atoms with Crippen LogP contribution in [0.4, 0.5) is 4.79 Å². The van der Waals surface area contributed by atoms with Crippen molar-refractivity contribution in [2.75, 3.05) is 26.7 Å². The molecule has 1 aliphatic rings.